The van der Waals surface area contributed by atoms with Gasteiger partial charge in [0.05, 0.1) is 12.1 Å². The molecular formula is C11H14FNO. The maximum Gasteiger partial charge on any atom is 0.125 e. The molecule has 1 aliphatic rings. The van der Waals surface area contributed by atoms with E-state index >= 15 is 0 Å². The molecule has 0 amide bonds. The minimum Gasteiger partial charge on any atom is -0.382 e. The molecule has 1 aromatic carbocycles. The number of hydrogen-bond donors (Lipinski definition) is 1. The molecule has 2 rings (SSSR count). The van der Waals surface area contributed by atoms with Gasteiger partial charge in [-0.1, -0.05) is 6.07 Å². The summed E-state index contributed by atoms with van der Waals surface area (Å²) in [7, 11) is 1.68. The predicted octanol–water partition coefficient (Wildman–Crippen LogP) is 2.20. The molecule has 1 atom stereocenters. The second-order valence-electron chi connectivity index (χ2n) is 4.10. The topological polar surface area (TPSA) is 21.3 Å². The predicted molar refractivity (Wildman–Crippen MR) is 54.0 cm³/mol. The van der Waals surface area contributed by atoms with Crippen molar-refractivity contribution in [1.82, 2.24) is 0 Å². The number of methoxy groups -OCH3 is 1. The zero-order valence-electron chi connectivity index (χ0n) is 8.43. The maximum absolute atomic E-state index is 12.9. The van der Waals surface area contributed by atoms with Crippen molar-refractivity contribution < 1.29 is 9.13 Å². The molecule has 0 bridgehead atoms. The fraction of sp³-hybridized carbons (Fsp3) is 0.455. The van der Waals surface area contributed by atoms with E-state index in [0.717, 1.165) is 17.7 Å². The van der Waals surface area contributed by atoms with Gasteiger partial charge in [-0.3, -0.25) is 0 Å². The van der Waals surface area contributed by atoms with Gasteiger partial charge in [-0.05, 0) is 31.0 Å². The highest BCUT2D eigenvalue weighted by atomic mass is 19.1. The molecule has 0 saturated heterocycles. The van der Waals surface area contributed by atoms with Gasteiger partial charge in [-0.2, -0.15) is 0 Å². The highest BCUT2D eigenvalue weighted by Crippen LogP contribution is 2.32. The van der Waals surface area contributed by atoms with Crippen LogP contribution in [0.5, 0.6) is 0 Å². The van der Waals surface area contributed by atoms with Gasteiger partial charge in [0.25, 0.3) is 0 Å². The van der Waals surface area contributed by atoms with Crippen LogP contribution >= 0.6 is 0 Å². The number of hydrogen-bond acceptors (Lipinski definition) is 2. The lowest BCUT2D eigenvalue weighted by molar-refractivity contribution is 0.153. The summed E-state index contributed by atoms with van der Waals surface area (Å²) in [4.78, 5) is 0. The number of benzene rings is 1. The highest BCUT2D eigenvalue weighted by Gasteiger charge is 2.32. The second-order valence-corrected chi connectivity index (χ2v) is 4.10. The van der Waals surface area contributed by atoms with E-state index in [1.165, 1.54) is 12.1 Å². The molecule has 0 saturated carbocycles. The molecule has 0 aliphatic carbocycles. The number of nitrogens with one attached hydrogen (secondary N) is 1. The fourth-order valence-electron chi connectivity index (χ4n) is 2.01. The fourth-order valence-corrected chi connectivity index (χ4v) is 2.01. The summed E-state index contributed by atoms with van der Waals surface area (Å²) >= 11 is 0. The van der Waals surface area contributed by atoms with Crippen LogP contribution in [0.2, 0.25) is 0 Å². The van der Waals surface area contributed by atoms with E-state index in [0.29, 0.717) is 6.61 Å². The van der Waals surface area contributed by atoms with Gasteiger partial charge in [-0.25, -0.2) is 4.39 Å². The quantitative estimate of drug-likeness (QED) is 0.781. The lowest BCUT2D eigenvalue weighted by Gasteiger charge is -2.23. The summed E-state index contributed by atoms with van der Waals surface area (Å²) in [5.41, 5.74) is 1.96. The van der Waals surface area contributed by atoms with Crippen molar-refractivity contribution in [1.29, 1.82) is 0 Å². The molecule has 0 radical (unpaired) electrons. The second kappa shape index (κ2) is 3.24. The van der Waals surface area contributed by atoms with Crippen molar-refractivity contribution >= 4 is 5.69 Å². The van der Waals surface area contributed by atoms with Gasteiger partial charge in [0.1, 0.15) is 5.82 Å². The highest BCUT2D eigenvalue weighted by molar-refractivity contribution is 5.58. The summed E-state index contributed by atoms with van der Waals surface area (Å²) in [6.45, 7) is 2.71. The number of ether oxygens (including phenoxy) is 1. The van der Waals surface area contributed by atoms with Gasteiger partial charge >= 0.3 is 0 Å². The standard InChI is InChI=1S/C11H14FNO/c1-11(7-14-2)6-8-3-4-9(12)5-10(8)13-11/h3-5,13H,6-7H2,1-2H3. The van der Waals surface area contributed by atoms with Crippen molar-refractivity contribution in [2.24, 2.45) is 0 Å². The molecule has 2 nitrogen and oxygen atoms in total. The minimum atomic E-state index is -0.196. The summed E-state index contributed by atoms with van der Waals surface area (Å²) in [5.74, 6) is -0.196. The Balaban J connectivity index is 2.25. The van der Waals surface area contributed by atoms with E-state index in [2.05, 4.69) is 12.2 Å². The third kappa shape index (κ3) is 1.60. The number of halogens is 1. The van der Waals surface area contributed by atoms with Crippen molar-refractivity contribution in [3.05, 3.63) is 29.6 Å². The first-order valence-electron chi connectivity index (χ1n) is 4.68. The van der Waals surface area contributed by atoms with Crippen LogP contribution in [-0.2, 0) is 11.2 Å². The smallest absolute Gasteiger partial charge is 0.125 e. The molecule has 1 aliphatic heterocycles. The van der Waals surface area contributed by atoms with Gasteiger partial charge in [0, 0.05) is 12.8 Å². The first-order valence-corrected chi connectivity index (χ1v) is 4.68. The Morgan fingerprint density at radius 3 is 3.07 bits per heavy atom. The Hall–Kier alpha value is -1.09. The zero-order chi connectivity index (χ0) is 10.2. The lowest BCUT2D eigenvalue weighted by atomic mass is 9.99. The van der Waals surface area contributed by atoms with Crippen molar-refractivity contribution in [3.63, 3.8) is 0 Å². The van der Waals surface area contributed by atoms with Gasteiger partial charge in [0.2, 0.25) is 0 Å². The van der Waals surface area contributed by atoms with Crippen molar-refractivity contribution in [2.75, 3.05) is 19.0 Å². The summed E-state index contributed by atoms with van der Waals surface area (Å²) in [6.07, 6.45) is 0.885. The first kappa shape index (κ1) is 9.46. The average Bonchev–Trinajstić information content (AvgIpc) is 2.40. The van der Waals surface area contributed by atoms with E-state index < -0.39 is 0 Å². The Kier molecular flexibility index (Phi) is 2.19. The van der Waals surface area contributed by atoms with Crippen LogP contribution in [0.1, 0.15) is 12.5 Å². The van der Waals surface area contributed by atoms with Crippen molar-refractivity contribution in [2.45, 2.75) is 18.9 Å². The van der Waals surface area contributed by atoms with Crippen LogP contribution in [0.3, 0.4) is 0 Å². The summed E-state index contributed by atoms with van der Waals surface area (Å²) in [5, 5.41) is 3.29. The Morgan fingerprint density at radius 1 is 1.57 bits per heavy atom. The average molecular weight is 195 g/mol. The van der Waals surface area contributed by atoms with Crippen LogP contribution in [0, 0.1) is 5.82 Å². The van der Waals surface area contributed by atoms with Gasteiger partial charge in [-0.15, -0.1) is 0 Å². The maximum atomic E-state index is 12.9. The molecule has 14 heavy (non-hydrogen) atoms. The summed E-state index contributed by atoms with van der Waals surface area (Å²) < 4.78 is 18.1. The SMILES string of the molecule is COCC1(C)Cc2ccc(F)cc2N1. The van der Waals surface area contributed by atoms with Crippen LogP contribution in [0.4, 0.5) is 10.1 Å². The van der Waals surface area contributed by atoms with Gasteiger partial charge < -0.3 is 10.1 Å². The molecule has 1 heterocycles. The van der Waals surface area contributed by atoms with Crippen LogP contribution in [0.25, 0.3) is 0 Å². The van der Waals surface area contributed by atoms with Crippen molar-refractivity contribution in [3.8, 4) is 0 Å². The van der Waals surface area contributed by atoms with E-state index in [9.17, 15) is 4.39 Å². The van der Waals surface area contributed by atoms with E-state index in [-0.39, 0.29) is 11.4 Å². The molecule has 1 N–H and O–H groups in total. The molecule has 3 heteroatoms. The molecule has 0 fully saturated rings. The largest absolute Gasteiger partial charge is 0.382 e. The molecule has 1 unspecified atom stereocenters. The third-order valence-corrected chi connectivity index (χ3v) is 2.55. The number of rotatable bonds is 2. The van der Waals surface area contributed by atoms with E-state index in [1.54, 1.807) is 7.11 Å². The Bertz CT molecular complexity index is 353. The molecule has 0 aromatic heterocycles. The normalized spacial score (nSPS) is 24.5. The Labute approximate surface area is 83.1 Å². The molecular weight excluding hydrogens is 181 g/mol. The van der Waals surface area contributed by atoms with Crippen LogP contribution in [-0.4, -0.2) is 19.3 Å². The van der Waals surface area contributed by atoms with Crippen LogP contribution < -0.4 is 5.32 Å². The number of anilines is 1. The first-order chi connectivity index (χ1) is 6.63. The third-order valence-electron chi connectivity index (χ3n) is 2.55. The Morgan fingerprint density at radius 2 is 2.36 bits per heavy atom. The minimum absolute atomic E-state index is 0.0924. The molecule has 0 spiro atoms. The number of fused-ring (bicyclic) bond motifs is 1. The zero-order valence-corrected chi connectivity index (χ0v) is 8.43. The summed E-state index contributed by atoms with van der Waals surface area (Å²) in [6, 6.07) is 4.87. The molecule has 76 valence electrons. The van der Waals surface area contributed by atoms with E-state index in [1.807, 2.05) is 6.07 Å². The monoisotopic (exact) mass is 195 g/mol. The van der Waals surface area contributed by atoms with Gasteiger partial charge in [0.15, 0.2) is 0 Å². The lowest BCUT2D eigenvalue weighted by Crippen LogP contribution is -2.37. The molecule has 1 aromatic rings. The van der Waals surface area contributed by atoms with Crippen LogP contribution in [0.15, 0.2) is 18.2 Å². The van der Waals surface area contributed by atoms with E-state index in [4.69, 9.17) is 4.74 Å².